The molecule has 144 valence electrons. The minimum Gasteiger partial charge on any atom is -0.394 e. The first-order chi connectivity index (χ1) is 11.9. The molecule has 1 aliphatic heterocycles. The van der Waals surface area contributed by atoms with Crippen LogP contribution in [0.3, 0.4) is 0 Å². The summed E-state index contributed by atoms with van der Waals surface area (Å²) < 4.78 is 0. The molecule has 6 nitrogen and oxygen atoms in total. The van der Waals surface area contributed by atoms with E-state index in [0.29, 0.717) is 5.92 Å². The number of likely N-dealkylation sites (N-methyl/N-ethyl adjacent to an activating group) is 1. The minimum absolute atomic E-state index is 0.0361. The first-order valence-corrected chi connectivity index (χ1v) is 9.84. The zero-order valence-electron chi connectivity index (χ0n) is 16.0. The third-order valence-corrected chi connectivity index (χ3v) is 5.76. The van der Waals surface area contributed by atoms with Gasteiger partial charge in [-0.25, -0.2) is 0 Å². The Morgan fingerprint density at radius 2 is 1.88 bits per heavy atom. The second-order valence-corrected chi connectivity index (χ2v) is 8.04. The molecule has 6 heteroatoms. The van der Waals surface area contributed by atoms with Crippen LogP contribution in [0.2, 0.25) is 0 Å². The number of likely N-dealkylation sites (tertiary alicyclic amines) is 1. The van der Waals surface area contributed by atoms with Gasteiger partial charge in [0.1, 0.15) is 5.54 Å². The molecule has 0 aromatic rings. The summed E-state index contributed by atoms with van der Waals surface area (Å²) in [4.78, 5) is 27.8. The Kier molecular flexibility index (Phi) is 7.25. The van der Waals surface area contributed by atoms with Gasteiger partial charge >= 0.3 is 0 Å². The number of nitrogens with one attached hydrogen (secondary N) is 2. The van der Waals surface area contributed by atoms with Crippen molar-refractivity contribution in [2.75, 3.05) is 20.2 Å². The summed E-state index contributed by atoms with van der Waals surface area (Å²) in [5.41, 5.74) is -0.543. The highest BCUT2D eigenvalue weighted by Crippen LogP contribution is 2.38. The molecule has 2 unspecified atom stereocenters. The van der Waals surface area contributed by atoms with Gasteiger partial charge in [-0.3, -0.25) is 14.5 Å². The van der Waals surface area contributed by atoms with Crippen LogP contribution in [0.4, 0.5) is 0 Å². The van der Waals surface area contributed by atoms with Crippen LogP contribution in [0.15, 0.2) is 0 Å². The lowest BCUT2D eigenvalue weighted by Gasteiger charge is -2.45. The van der Waals surface area contributed by atoms with E-state index >= 15 is 0 Å². The van der Waals surface area contributed by atoms with Crippen molar-refractivity contribution in [1.82, 2.24) is 15.5 Å². The van der Waals surface area contributed by atoms with Gasteiger partial charge in [-0.1, -0.05) is 33.1 Å². The summed E-state index contributed by atoms with van der Waals surface area (Å²) in [5, 5.41) is 15.4. The van der Waals surface area contributed by atoms with Gasteiger partial charge in [0.25, 0.3) is 0 Å². The highest BCUT2D eigenvalue weighted by atomic mass is 16.3. The standard InChI is InChI=1S/C19H35N3O3/c1-14(2)12-15(13-23)21-17(24)16-8-7-11-22(16)19(18(25)20-3)9-5-4-6-10-19/h14-16,23H,4-13H2,1-3H3,(H,20,25)(H,21,24). The summed E-state index contributed by atoms with van der Waals surface area (Å²) in [6, 6.07) is -0.478. The molecule has 1 heterocycles. The lowest BCUT2D eigenvalue weighted by Crippen LogP contribution is -2.63. The van der Waals surface area contributed by atoms with E-state index in [1.807, 2.05) is 0 Å². The number of carbonyl (C=O) groups is 2. The molecule has 2 rings (SSSR count). The van der Waals surface area contributed by atoms with Crippen LogP contribution >= 0.6 is 0 Å². The van der Waals surface area contributed by atoms with Crippen molar-refractivity contribution in [1.29, 1.82) is 0 Å². The molecule has 2 fully saturated rings. The third kappa shape index (κ3) is 4.53. The van der Waals surface area contributed by atoms with Crippen LogP contribution < -0.4 is 10.6 Å². The molecule has 0 bridgehead atoms. The fourth-order valence-corrected chi connectivity index (χ4v) is 4.61. The van der Waals surface area contributed by atoms with Gasteiger partial charge < -0.3 is 15.7 Å². The molecule has 25 heavy (non-hydrogen) atoms. The van der Waals surface area contributed by atoms with E-state index in [1.165, 1.54) is 0 Å². The summed E-state index contributed by atoms with van der Waals surface area (Å²) in [6.07, 6.45) is 7.35. The smallest absolute Gasteiger partial charge is 0.240 e. The number of amides is 2. The Morgan fingerprint density at radius 3 is 2.44 bits per heavy atom. The number of carbonyl (C=O) groups excluding carboxylic acids is 2. The number of hydrogen-bond acceptors (Lipinski definition) is 4. The van der Waals surface area contributed by atoms with Crippen LogP contribution in [0.25, 0.3) is 0 Å². The summed E-state index contributed by atoms with van der Waals surface area (Å²) in [7, 11) is 1.69. The van der Waals surface area contributed by atoms with E-state index in [9.17, 15) is 14.7 Å². The Morgan fingerprint density at radius 1 is 1.20 bits per heavy atom. The second-order valence-electron chi connectivity index (χ2n) is 8.04. The average molecular weight is 354 g/mol. The van der Waals surface area contributed by atoms with Gasteiger partial charge in [0.15, 0.2) is 0 Å². The number of hydrogen-bond donors (Lipinski definition) is 3. The van der Waals surface area contributed by atoms with E-state index < -0.39 is 5.54 Å². The molecule has 2 aliphatic rings. The number of aliphatic hydroxyl groups excluding tert-OH is 1. The Labute approximate surface area is 151 Å². The molecule has 0 aromatic carbocycles. The van der Waals surface area contributed by atoms with Gasteiger partial charge in [-0.15, -0.1) is 0 Å². The van der Waals surface area contributed by atoms with E-state index in [2.05, 4.69) is 29.4 Å². The molecule has 0 spiro atoms. The lowest BCUT2D eigenvalue weighted by molar-refractivity contribution is -0.140. The van der Waals surface area contributed by atoms with E-state index in [0.717, 1.165) is 57.9 Å². The molecule has 2 atom stereocenters. The minimum atomic E-state index is -0.543. The second kappa shape index (κ2) is 8.99. The van der Waals surface area contributed by atoms with Gasteiger partial charge in [-0.05, 0) is 38.0 Å². The zero-order valence-corrected chi connectivity index (χ0v) is 16.0. The Hall–Kier alpha value is -1.14. The number of aliphatic hydroxyl groups is 1. The topological polar surface area (TPSA) is 81.7 Å². The maximum atomic E-state index is 12.9. The third-order valence-electron chi connectivity index (χ3n) is 5.76. The van der Waals surface area contributed by atoms with Crippen LogP contribution in [0, 0.1) is 5.92 Å². The van der Waals surface area contributed by atoms with Crippen molar-refractivity contribution in [3.8, 4) is 0 Å². The molecular formula is C19H35N3O3. The van der Waals surface area contributed by atoms with E-state index in [4.69, 9.17) is 0 Å². The number of nitrogens with zero attached hydrogens (tertiary/aromatic N) is 1. The molecule has 1 saturated carbocycles. The van der Waals surface area contributed by atoms with Gasteiger partial charge in [-0.2, -0.15) is 0 Å². The van der Waals surface area contributed by atoms with Crippen molar-refractivity contribution >= 4 is 11.8 Å². The highest BCUT2D eigenvalue weighted by Gasteiger charge is 2.50. The molecule has 2 amide bonds. The molecule has 3 N–H and O–H groups in total. The van der Waals surface area contributed by atoms with Crippen LogP contribution in [0.1, 0.15) is 65.2 Å². The SMILES string of the molecule is CNC(=O)C1(N2CCCC2C(=O)NC(CO)CC(C)C)CCCCC1. The average Bonchev–Trinajstić information content (AvgIpc) is 3.11. The van der Waals surface area contributed by atoms with Crippen molar-refractivity contribution in [2.24, 2.45) is 5.92 Å². The van der Waals surface area contributed by atoms with E-state index in [1.54, 1.807) is 7.05 Å². The highest BCUT2D eigenvalue weighted by molar-refractivity contribution is 5.88. The maximum absolute atomic E-state index is 12.9. The quantitative estimate of drug-likeness (QED) is 0.647. The first kappa shape index (κ1) is 20.2. The van der Waals surface area contributed by atoms with E-state index in [-0.39, 0.29) is 30.5 Å². The Bertz CT molecular complexity index is 461. The normalized spacial score (nSPS) is 24.9. The van der Waals surface area contributed by atoms with Crippen molar-refractivity contribution < 1.29 is 14.7 Å². The van der Waals surface area contributed by atoms with Gasteiger partial charge in [0, 0.05) is 13.6 Å². The lowest BCUT2D eigenvalue weighted by atomic mass is 9.79. The molecule has 1 saturated heterocycles. The van der Waals surface area contributed by atoms with Crippen LogP contribution in [-0.2, 0) is 9.59 Å². The molecule has 0 aromatic heterocycles. The van der Waals surface area contributed by atoms with Gasteiger partial charge in [0.05, 0.1) is 18.7 Å². The molecule has 0 radical (unpaired) electrons. The summed E-state index contributed by atoms with van der Waals surface area (Å²) in [5.74, 6) is 0.423. The fourth-order valence-electron chi connectivity index (χ4n) is 4.61. The molecule has 1 aliphatic carbocycles. The summed E-state index contributed by atoms with van der Waals surface area (Å²) >= 11 is 0. The fraction of sp³-hybridized carbons (Fsp3) is 0.895. The molecular weight excluding hydrogens is 318 g/mol. The Balaban J connectivity index is 2.14. The maximum Gasteiger partial charge on any atom is 0.240 e. The van der Waals surface area contributed by atoms with Crippen molar-refractivity contribution in [3.63, 3.8) is 0 Å². The van der Waals surface area contributed by atoms with Crippen molar-refractivity contribution in [2.45, 2.75) is 82.8 Å². The first-order valence-electron chi connectivity index (χ1n) is 9.84. The van der Waals surface area contributed by atoms with Crippen molar-refractivity contribution in [3.05, 3.63) is 0 Å². The summed E-state index contributed by atoms with van der Waals surface area (Å²) in [6.45, 7) is 4.91. The van der Waals surface area contributed by atoms with Crippen LogP contribution in [0.5, 0.6) is 0 Å². The monoisotopic (exact) mass is 353 g/mol. The predicted octanol–water partition coefficient (Wildman–Crippen LogP) is 1.42. The predicted molar refractivity (Wildman–Crippen MR) is 98.1 cm³/mol. The zero-order chi connectivity index (χ0) is 18.4. The largest absolute Gasteiger partial charge is 0.394 e. The van der Waals surface area contributed by atoms with Gasteiger partial charge in [0.2, 0.25) is 11.8 Å². The number of rotatable bonds is 7. The van der Waals surface area contributed by atoms with Crippen LogP contribution in [-0.4, -0.2) is 59.6 Å².